The molecule has 6 nitrogen and oxygen atoms in total. The van der Waals surface area contributed by atoms with Gasteiger partial charge in [0.1, 0.15) is 23.5 Å². The van der Waals surface area contributed by atoms with Crippen molar-refractivity contribution in [3.05, 3.63) is 92.7 Å². The molecule has 3 aromatic heterocycles. The maximum atomic E-state index is 13.4. The number of carbonyl (C=O) groups excluding carboxylic acids is 1. The molecule has 5 aromatic rings. The Balaban J connectivity index is 1.38. The molecule has 0 aliphatic carbocycles. The van der Waals surface area contributed by atoms with Crippen LogP contribution in [0.25, 0.3) is 31.8 Å². The summed E-state index contributed by atoms with van der Waals surface area (Å²) in [6.07, 6.45) is 1.37. The first kappa shape index (κ1) is 19.9. The van der Waals surface area contributed by atoms with Crippen LogP contribution in [-0.4, -0.2) is 15.6 Å². The Morgan fingerprint density at radius 3 is 2.73 bits per heavy atom. The van der Waals surface area contributed by atoms with E-state index in [1.165, 1.54) is 33.7 Å². The standard InChI is InChI=1S/C25H17N3O3S2/c1-14-20(15-7-3-2-4-8-15)21-24(32-14)26-13-28(25(21)30)27-23(29)19-11-16-12-31-18-10-6-5-9-17(18)22(16)33-19/h2-11,13H,12H2,1H3,(H,27,29). The molecule has 0 bridgehead atoms. The van der Waals surface area contributed by atoms with E-state index in [1.54, 1.807) is 0 Å². The minimum absolute atomic E-state index is 0.299. The average molecular weight is 472 g/mol. The highest BCUT2D eigenvalue weighted by atomic mass is 32.1. The van der Waals surface area contributed by atoms with Gasteiger partial charge in [-0.25, -0.2) is 9.66 Å². The van der Waals surface area contributed by atoms with E-state index in [4.69, 9.17) is 4.74 Å². The van der Waals surface area contributed by atoms with Crippen LogP contribution in [0.5, 0.6) is 5.75 Å². The normalized spacial score (nSPS) is 12.2. The third-order valence-corrected chi connectivity index (χ3v) is 7.84. The van der Waals surface area contributed by atoms with Gasteiger partial charge in [0.05, 0.1) is 10.3 Å². The summed E-state index contributed by atoms with van der Waals surface area (Å²) in [6.45, 7) is 2.39. The number of benzene rings is 2. The molecule has 1 amide bonds. The molecule has 0 spiro atoms. The summed E-state index contributed by atoms with van der Waals surface area (Å²) in [5, 5.41) is 0.513. The number of aromatic nitrogens is 2. The van der Waals surface area contributed by atoms with Crippen molar-refractivity contribution >= 4 is 38.8 Å². The number of amides is 1. The van der Waals surface area contributed by atoms with E-state index in [-0.39, 0.29) is 11.5 Å². The van der Waals surface area contributed by atoms with Crippen molar-refractivity contribution in [2.24, 2.45) is 0 Å². The Morgan fingerprint density at radius 1 is 1.09 bits per heavy atom. The lowest BCUT2D eigenvalue weighted by Gasteiger charge is -2.16. The highest BCUT2D eigenvalue weighted by Gasteiger charge is 2.23. The van der Waals surface area contributed by atoms with Gasteiger partial charge < -0.3 is 4.74 Å². The van der Waals surface area contributed by atoms with E-state index in [9.17, 15) is 9.59 Å². The predicted molar refractivity (Wildman–Crippen MR) is 132 cm³/mol. The maximum Gasteiger partial charge on any atom is 0.281 e. The van der Waals surface area contributed by atoms with E-state index < -0.39 is 0 Å². The molecule has 1 N–H and O–H groups in total. The molecular formula is C25H17N3O3S2. The first-order valence-corrected chi connectivity index (χ1v) is 12.0. The van der Waals surface area contributed by atoms with Gasteiger partial charge in [-0.2, -0.15) is 0 Å². The molecule has 2 aromatic carbocycles. The molecule has 33 heavy (non-hydrogen) atoms. The van der Waals surface area contributed by atoms with E-state index in [0.717, 1.165) is 37.8 Å². The van der Waals surface area contributed by atoms with Gasteiger partial charge in [-0.3, -0.25) is 15.0 Å². The largest absolute Gasteiger partial charge is 0.488 e. The Morgan fingerprint density at radius 2 is 1.88 bits per heavy atom. The van der Waals surface area contributed by atoms with Gasteiger partial charge in [0.25, 0.3) is 11.5 Å². The summed E-state index contributed by atoms with van der Waals surface area (Å²) in [5.74, 6) is 0.453. The molecule has 0 radical (unpaired) electrons. The van der Waals surface area contributed by atoms with Crippen molar-refractivity contribution in [2.45, 2.75) is 13.5 Å². The lowest BCUT2D eigenvalue weighted by molar-refractivity contribution is 0.101. The van der Waals surface area contributed by atoms with Crippen LogP contribution in [0.1, 0.15) is 20.1 Å². The number of para-hydroxylation sites is 1. The van der Waals surface area contributed by atoms with Crippen LogP contribution in [0, 0.1) is 6.92 Å². The highest BCUT2D eigenvalue weighted by Crippen LogP contribution is 2.42. The summed E-state index contributed by atoms with van der Waals surface area (Å²) in [4.78, 5) is 34.1. The van der Waals surface area contributed by atoms with Gasteiger partial charge in [-0.05, 0) is 30.7 Å². The zero-order chi connectivity index (χ0) is 22.5. The molecular weight excluding hydrogens is 454 g/mol. The minimum atomic E-state index is -0.358. The summed E-state index contributed by atoms with van der Waals surface area (Å²) < 4.78 is 6.97. The van der Waals surface area contributed by atoms with Crippen LogP contribution in [0.2, 0.25) is 0 Å². The fourth-order valence-electron chi connectivity index (χ4n) is 4.11. The second-order valence-electron chi connectivity index (χ2n) is 7.69. The van der Waals surface area contributed by atoms with Crippen LogP contribution in [-0.2, 0) is 6.61 Å². The lowest BCUT2D eigenvalue weighted by atomic mass is 10.0. The average Bonchev–Trinajstić information content (AvgIpc) is 3.43. The second kappa shape index (κ2) is 7.68. The molecule has 1 aliphatic rings. The number of thiophene rings is 2. The van der Waals surface area contributed by atoms with Gasteiger partial charge in [0.15, 0.2) is 0 Å². The second-order valence-corrected chi connectivity index (χ2v) is 9.95. The number of rotatable bonds is 3. The van der Waals surface area contributed by atoms with Crippen molar-refractivity contribution in [3.63, 3.8) is 0 Å². The van der Waals surface area contributed by atoms with Gasteiger partial charge in [0.2, 0.25) is 0 Å². The van der Waals surface area contributed by atoms with E-state index >= 15 is 0 Å². The maximum absolute atomic E-state index is 13.4. The molecule has 0 saturated heterocycles. The third-order valence-electron chi connectivity index (χ3n) is 5.62. The number of aryl methyl sites for hydroxylation is 1. The van der Waals surface area contributed by atoms with Crippen LogP contribution in [0.4, 0.5) is 0 Å². The van der Waals surface area contributed by atoms with Crippen molar-refractivity contribution in [2.75, 3.05) is 5.43 Å². The fourth-order valence-corrected chi connectivity index (χ4v) is 6.20. The highest BCUT2D eigenvalue weighted by molar-refractivity contribution is 7.19. The monoisotopic (exact) mass is 471 g/mol. The number of hydrogen-bond donors (Lipinski definition) is 1. The Labute approximate surface area is 196 Å². The molecule has 0 fully saturated rings. The SMILES string of the molecule is Cc1sc2ncn(NC(=O)c3cc4c(s3)-c3ccccc3OC4)c(=O)c2c1-c1ccccc1. The Kier molecular flexibility index (Phi) is 4.63. The number of carbonyl (C=O) groups is 1. The zero-order valence-electron chi connectivity index (χ0n) is 17.5. The first-order valence-electron chi connectivity index (χ1n) is 10.3. The van der Waals surface area contributed by atoms with Gasteiger partial charge in [0, 0.05) is 26.4 Å². The van der Waals surface area contributed by atoms with E-state index in [1.807, 2.05) is 67.6 Å². The van der Waals surface area contributed by atoms with Crippen LogP contribution in [0.15, 0.2) is 71.8 Å². The fraction of sp³-hybridized carbons (Fsp3) is 0.0800. The number of nitrogens with one attached hydrogen (secondary N) is 1. The number of fused-ring (bicyclic) bond motifs is 4. The van der Waals surface area contributed by atoms with Crippen molar-refractivity contribution in [1.82, 2.24) is 9.66 Å². The summed E-state index contributed by atoms with van der Waals surface area (Å²) in [6, 6.07) is 19.4. The smallest absolute Gasteiger partial charge is 0.281 e. The molecule has 8 heteroatoms. The molecule has 4 heterocycles. The van der Waals surface area contributed by atoms with Crippen molar-refractivity contribution < 1.29 is 9.53 Å². The first-order chi connectivity index (χ1) is 16.1. The topological polar surface area (TPSA) is 73.2 Å². The number of nitrogens with zero attached hydrogens (tertiary/aromatic N) is 2. The van der Waals surface area contributed by atoms with Crippen molar-refractivity contribution in [1.29, 1.82) is 0 Å². The summed E-state index contributed by atoms with van der Waals surface area (Å²) in [5.41, 5.74) is 6.17. The molecule has 1 aliphatic heterocycles. The summed E-state index contributed by atoms with van der Waals surface area (Å²) in [7, 11) is 0. The van der Waals surface area contributed by atoms with E-state index in [2.05, 4.69) is 10.4 Å². The third kappa shape index (κ3) is 3.26. The van der Waals surface area contributed by atoms with Crippen LogP contribution >= 0.6 is 22.7 Å². The Hall–Kier alpha value is -3.75. The summed E-state index contributed by atoms with van der Waals surface area (Å²) >= 11 is 2.87. The number of hydrogen-bond acceptors (Lipinski definition) is 6. The molecule has 0 unspecified atom stereocenters. The van der Waals surface area contributed by atoms with E-state index in [0.29, 0.717) is 21.7 Å². The van der Waals surface area contributed by atoms with Crippen LogP contribution in [0.3, 0.4) is 0 Å². The lowest BCUT2D eigenvalue weighted by Crippen LogP contribution is -2.32. The molecule has 6 rings (SSSR count). The predicted octanol–water partition coefficient (Wildman–Crippen LogP) is 5.44. The van der Waals surface area contributed by atoms with Crippen LogP contribution < -0.4 is 15.7 Å². The van der Waals surface area contributed by atoms with Crippen molar-refractivity contribution in [3.8, 4) is 27.3 Å². The number of ether oxygens (including phenoxy) is 1. The van der Waals surface area contributed by atoms with Gasteiger partial charge >= 0.3 is 0 Å². The van der Waals surface area contributed by atoms with Gasteiger partial charge in [-0.15, -0.1) is 22.7 Å². The quantitative estimate of drug-likeness (QED) is 0.380. The molecule has 0 atom stereocenters. The minimum Gasteiger partial charge on any atom is -0.488 e. The zero-order valence-corrected chi connectivity index (χ0v) is 19.1. The molecule has 162 valence electrons. The van der Waals surface area contributed by atoms with Gasteiger partial charge in [-0.1, -0.05) is 42.5 Å². The molecule has 0 saturated carbocycles. The Bertz CT molecular complexity index is 1600.